The summed E-state index contributed by atoms with van der Waals surface area (Å²) in [7, 11) is 0. The summed E-state index contributed by atoms with van der Waals surface area (Å²) in [6.07, 6.45) is -0.965. The molecule has 138 valence electrons. The molecule has 0 aliphatic heterocycles. The van der Waals surface area contributed by atoms with E-state index in [0.717, 1.165) is 0 Å². The van der Waals surface area contributed by atoms with E-state index < -0.39 is 30.3 Å². The summed E-state index contributed by atoms with van der Waals surface area (Å²) in [5, 5.41) is 0. The van der Waals surface area contributed by atoms with Gasteiger partial charge in [0.2, 0.25) is 5.78 Å². The number of aromatic amines is 1. The Hall–Kier alpha value is -2.96. The number of carbonyl (C=O) groups excluding carboxylic acids is 3. The average Bonchev–Trinajstić information content (AvgIpc) is 2.89. The van der Waals surface area contributed by atoms with Gasteiger partial charge in [0.15, 0.2) is 18.5 Å². The standard InChI is InChI=1S/C19H20FNO5/c1-10-17(12(3)22)11(2)21-18(10)16(23)9-25-19(24)13(4)26-15-7-5-14(20)6-8-15/h5-8,13,21H,9H2,1-4H3/t13-/m0/s1. The second kappa shape index (κ2) is 7.95. The zero-order chi connectivity index (χ0) is 19.4. The predicted octanol–water partition coefficient (Wildman–Crippen LogP) is 3.17. The fourth-order valence-corrected chi connectivity index (χ4v) is 2.65. The minimum Gasteiger partial charge on any atom is -0.479 e. The highest BCUT2D eigenvalue weighted by molar-refractivity contribution is 6.04. The molecule has 0 aliphatic carbocycles. The number of Topliss-reactive ketones (excluding diaryl/α,β-unsaturated/α-hetero) is 2. The maximum absolute atomic E-state index is 12.9. The minimum absolute atomic E-state index is 0.145. The highest BCUT2D eigenvalue weighted by Gasteiger charge is 2.22. The first-order chi connectivity index (χ1) is 12.2. The molecule has 26 heavy (non-hydrogen) atoms. The van der Waals surface area contributed by atoms with Gasteiger partial charge in [-0.2, -0.15) is 0 Å². The highest BCUT2D eigenvalue weighted by atomic mass is 19.1. The predicted molar refractivity (Wildman–Crippen MR) is 92.1 cm³/mol. The van der Waals surface area contributed by atoms with Crippen LogP contribution in [0.25, 0.3) is 0 Å². The molecule has 0 bridgehead atoms. The zero-order valence-electron chi connectivity index (χ0n) is 15.0. The summed E-state index contributed by atoms with van der Waals surface area (Å²) >= 11 is 0. The number of aromatic nitrogens is 1. The molecule has 0 saturated carbocycles. The highest BCUT2D eigenvalue weighted by Crippen LogP contribution is 2.19. The molecular formula is C19H20FNO5. The molecular weight excluding hydrogens is 341 g/mol. The van der Waals surface area contributed by atoms with E-state index in [0.29, 0.717) is 22.6 Å². The SMILES string of the molecule is CC(=O)c1c(C)[nH]c(C(=O)COC(=O)[C@H](C)Oc2ccc(F)cc2)c1C. The summed E-state index contributed by atoms with van der Waals surface area (Å²) in [4.78, 5) is 38.7. The van der Waals surface area contributed by atoms with Crippen LogP contribution in [0.2, 0.25) is 0 Å². The van der Waals surface area contributed by atoms with Crippen molar-refractivity contribution in [2.24, 2.45) is 0 Å². The number of hydrogen-bond donors (Lipinski definition) is 1. The Morgan fingerprint density at radius 3 is 2.31 bits per heavy atom. The van der Waals surface area contributed by atoms with Crippen LogP contribution in [0.15, 0.2) is 24.3 Å². The molecule has 1 aromatic carbocycles. The van der Waals surface area contributed by atoms with E-state index in [-0.39, 0.29) is 11.5 Å². The van der Waals surface area contributed by atoms with Crippen molar-refractivity contribution >= 4 is 17.5 Å². The van der Waals surface area contributed by atoms with Crippen molar-refractivity contribution < 1.29 is 28.2 Å². The molecule has 6 nitrogen and oxygen atoms in total. The number of esters is 1. The van der Waals surface area contributed by atoms with E-state index in [1.165, 1.54) is 38.1 Å². The Kier molecular flexibility index (Phi) is 5.92. The van der Waals surface area contributed by atoms with Crippen LogP contribution in [-0.4, -0.2) is 35.2 Å². The molecule has 7 heteroatoms. The smallest absolute Gasteiger partial charge is 0.347 e. The number of carbonyl (C=O) groups is 3. The largest absolute Gasteiger partial charge is 0.479 e. The monoisotopic (exact) mass is 361 g/mol. The number of aryl methyl sites for hydroxylation is 1. The van der Waals surface area contributed by atoms with Gasteiger partial charge in [-0.25, -0.2) is 9.18 Å². The van der Waals surface area contributed by atoms with Gasteiger partial charge < -0.3 is 14.5 Å². The summed E-state index contributed by atoms with van der Waals surface area (Å²) < 4.78 is 23.2. The van der Waals surface area contributed by atoms with Gasteiger partial charge in [0.05, 0.1) is 5.69 Å². The van der Waals surface area contributed by atoms with Crippen molar-refractivity contribution in [2.75, 3.05) is 6.61 Å². The van der Waals surface area contributed by atoms with E-state index in [4.69, 9.17) is 9.47 Å². The molecule has 1 N–H and O–H groups in total. The number of hydrogen-bond acceptors (Lipinski definition) is 5. The first-order valence-corrected chi connectivity index (χ1v) is 8.02. The van der Waals surface area contributed by atoms with E-state index in [9.17, 15) is 18.8 Å². The summed E-state index contributed by atoms with van der Waals surface area (Å²) in [6, 6.07) is 5.19. The molecule has 1 aromatic heterocycles. The van der Waals surface area contributed by atoms with Gasteiger partial charge >= 0.3 is 5.97 Å². The number of nitrogens with one attached hydrogen (secondary N) is 1. The van der Waals surface area contributed by atoms with Crippen LogP contribution in [-0.2, 0) is 9.53 Å². The number of benzene rings is 1. The lowest BCUT2D eigenvalue weighted by molar-refractivity contribution is -0.149. The van der Waals surface area contributed by atoms with E-state index in [2.05, 4.69) is 4.98 Å². The molecule has 0 saturated heterocycles. The van der Waals surface area contributed by atoms with E-state index in [1.54, 1.807) is 13.8 Å². The van der Waals surface area contributed by atoms with Gasteiger partial charge in [0, 0.05) is 11.3 Å². The number of halogens is 1. The molecule has 0 fully saturated rings. The Morgan fingerprint density at radius 1 is 1.15 bits per heavy atom. The Morgan fingerprint density at radius 2 is 1.77 bits per heavy atom. The van der Waals surface area contributed by atoms with Crippen molar-refractivity contribution in [1.82, 2.24) is 4.98 Å². The van der Waals surface area contributed by atoms with E-state index >= 15 is 0 Å². The van der Waals surface area contributed by atoms with Crippen molar-refractivity contribution in [3.05, 3.63) is 52.6 Å². The average molecular weight is 361 g/mol. The molecule has 0 aliphatic rings. The molecule has 2 rings (SSSR count). The van der Waals surface area contributed by atoms with Crippen molar-refractivity contribution in [2.45, 2.75) is 33.8 Å². The van der Waals surface area contributed by atoms with Gasteiger partial charge in [0.1, 0.15) is 11.6 Å². The third kappa shape index (κ3) is 4.36. The lowest BCUT2D eigenvalue weighted by atomic mass is 10.1. The Bertz CT molecular complexity index is 838. The maximum atomic E-state index is 12.9. The topological polar surface area (TPSA) is 85.5 Å². The van der Waals surface area contributed by atoms with Gasteiger partial charge in [-0.1, -0.05) is 0 Å². The second-order valence-corrected chi connectivity index (χ2v) is 5.93. The van der Waals surface area contributed by atoms with Crippen LogP contribution < -0.4 is 4.74 Å². The van der Waals surface area contributed by atoms with Crippen molar-refractivity contribution in [3.63, 3.8) is 0 Å². The number of ether oxygens (including phenoxy) is 2. The van der Waals surface area contributed by atoms with Crippen LogP contribution in [0, 0.1) is 19.7 Å². The lowest BCUT2D eigenvalue weighted by Crippen LogP contribution is -2.28. The first kappa shape index (κ1) is 19.4. The third-order valence-electron chi connectivity index (χ3n) is 3.87. The molecule has 0 unspecified atom stereocenters. The van der Waals surface area contributed by atoms with Gasteiger partial charge in [-0.05, 0) is 57.5 Å². The normalized spacial score (nSPS) is 11.7. The summed E-state index contributed by atoms with van der Waals surface area (Å²) in [6.45, 7) is 5.77. The van der Waals surface area contributed by atoms with Gasteiger partial charge in [-0.15, -0.1) is 0 Å². The molecule has 0 spiro atoms. The quantitative estimate of drug-likeness (QED) is 0.605. The first-order valence-electron chi connectivity index (χ1n) is 8.02. The van der Waals surface area contributed by atoms with Gasteiger partial charge in [-0.3, -0.25) is 9.59 Å². The maximum Gasteiger partial charge on any atom is 0.347 e. The summed E-state index contributed by atoms with van der Waals surface area (Å²) in [5.41, 5.74) is 1.84. The van der Waals surface area contributed by atoms with Crippen molar-refractivity contribution in [3.8, 4) is 5.75 Å². The van der Waals surface area contributed by atoms with Crippen LogP contribution in [0.1, 0.15) is 46.0 Å². The number of rotatable bonds is 7. The van der Waals surface area contributed by atoms with Crippen LogP contribution in [0.3, 0.4) is 0 Å². The molecule has 2 aromatic rings. The second-order valence-electron chi connectivity index (χ2n) is 5.93. The third-order valence-corrected chi connectivity index (χ3v) is 3.87. The summed E-state index contributed by atoms with van der Waals surface area (Å²) in [5.74, 6) is -1.42. The van der Waals surface area contributed by atoms with Crippen LogP contribution >= 0.6 is 0 Å². The minimum atomic E-state index is -0.965. The number of ketones is 2. The van der Waals surface area contributed by atoms with Crippen LogP contribution in [0.5, 0.6) is 5.75 Å². The molecule has 1 heterocycles. The van der Waals surface area contributed by atoms with E-state index in [1.807, 2.05) is 0 Å². The molecule has 0 radical (unpaired) electrons. The van der Waals surface area contributed by atoms with Gasteiger partial charge in [0.25, 0.3) is 0 Å². The molecule has 1 atom stereocenters. The fourth-order valence-electron chi connectivity index (χ4n) is 2.65. The lowest BCUT2D eigenvalue weighted by Gasteiger charge is -2.13. The zero-order valence-corrected chi connectivity index (χ0v) is 15.0. The Labute approximate surface area is 150 Å². The van der Waals surface area contributed by atoms with Crippen molar-refractivity contribution in [1.29, 1.82) is 0 Å². The Balaban J connectivity index is 1.96. The fraction of sp³-hybridized carbons (Fsp3) is 0.316. The van der Waals surface area contributed by atoms with Crippen LogP contribution in [0.4, 0.5) is 4.39 Å². The number of H-pyrrole nitrogens is 1. The molecule has 0 amide bonds.